The number of rotatable bonds is 13. The Hall–Kier alpha value is -0.530. The third kappa shape index (κ3) is 10.5. The maximum Gasteiger partial charge on any atom is 0.306 e. The first-order valence-corrected chi connectivity index (χ1v) is 12.5. The predicted molar refractivity (Wildman–Crippen MR) is 115 cm³/mol. The summed E-state index contributed by atoms with van der Waals surface area (Å²) in [6.07, 6.45) is 26.3. The summed E-state index contributed by atoms with van der Waals surface area (Å²) in [6.45, 7) is 2.30. The molecule has 2 heteroatoms. The molecule has 0 heterocycles. The standard InChI is InChI=1S/C25H46O2/c1-2-3-4-5-8-13-22-18-20-23(21-19-22)14-9-6-12-17-25(26)27-24-15-10-7-11-16-24/h22-24H,2-21H2,1H3/t22-,23-. The zero-order valence-electron chi connectivity index (χ0n) is 18.2. The Kier molecular flexibility index (Phi) is 12.2. The lowest BCUT2D eigenvalue weighted by Crippen LogP contribution is -2.20. The SMILES string of the molecule is CCCCCCC[C@H]1CC[C@H](CCCCCC(=O)OC2CCCCC2)CC1. The second-order valence-corrected chi connectivity index (χ2v) is 9.44. The van der Waals surface area contributed by atoms with Gasteiger partial charge in [-0.25, -0.2) is 0 Å². The summed E-state index contributed by atoms with van der Waals surface area (Å²) >= 11 is 0. The van der Waals surface area contributed by atoms with Gasteiger partial charge < -0.3 is 4.74 Å². The molecule has 0 spiro atoms. The van der Waals surface area contributed by atoms with Gasteiger partial charge in [0.1, 0.15) is 6.10 Å². The van der Waals surface area contributed by atoms with Crippen LogP contribution in [-0.2, 0) is 9.53 Å². The number of carbonyl (C=O) groups excluding carboxylic acids is 1. The molecule has 0 N–H and O–H groups in total. The van der Waals surface area contributed by atoms with Crippen molar-refractivity contribution >= 4 is 5.97 Å². The Morgan fingerprint density at radius 2 is 1.26 bits per heavy atom. The van der Waals surface area contributed by atoms with E-state index in [0.717, 1.165) is 31.1 Å². The van der Waals surface area contributed by atoms with Gasteiger partial charge in [0.05, 0.1) is 0 Å². The molecular formula is C25H46O2. The van der Waals surface area contributed by atoms with Crippen LogP contribution in [-0.4, -0.2) is 12.1 Å². The van der Waals surface area contributed by atoms with Gasteiger partial charge in [-0.05, 0) is 43.9 Å². The van der Waals surface area contributed by atoms with Crippen LogP contribution >= 0.6 is 0 Å². The van der Waals surface area contributed by atoms with Crippen LogP contribution in [0.1, 0.15) is 135 Å². The molecule has 2 nitrogen and oxygen atoms in total. The van der Waals surface area contributed by atoms with Crippen molar-refractivity contribution in [2.75, 3.05) is 0 Å². The van der Waals surface area contributed by atoms with Crippen LogP contribution in [0.3, 0.4) is 0 Å². The molecule has 0 radical (unpaired) electrons. The summed E-state index contributed by atoms with van der Waals surface area (Å²) in [4.78, 5) is 11.9. The van der Waals surface area contributed by atoms with Gasteiger partial charge in [-0.1, -0.05) is 96.8 Å². The van der Waals surface area contributed by atoms with Gasteiger partial charge in [-0.3, -0.25) is 4.79 Å². The summed E-state index contributed by atoms with van der Waals surface area (Å²) < 4.78 is 5.61. The lowest BCUT2D eigenvalue weighted by Gasteiger charge is -2.28. The Morgan fingerprint density at radius 1 is 0.704 bits per heavy atom. The number of unbranched alkanes of at least 4 members (excludes halogenated alkanes) is 6. The van der Waals surface area contributed by atoms with Gasteiger partial charge in [0.15, 0.2) is 0 Å². The summed E-state index contributed by atoms with van der Waals surface area (Å²) in [5.41, 5.74) is 0. The van der Waals surface area contributed by atoms with Crippen LogP contribution in [0.2, 0.25) is 0 Å². The fourth-order valence-corrected chi connectivity index (χ4v) is 5.15. The molecule has 2 fully saturated rings. The summed E-state index contributed by atoms with van der Waals surface area (Å²) in [6, 6.07) is 0. The largest absolute Gasteiger partial charge is 0.462 e. The Labute approximate surface area is 169 Å². The van der Waals surface area contributed by atoms with Crippen LogP contribution in [0, 0.1) is 11.8 Å². The van der Waals surface area contributed by atoms with Crippen molar-refractivity contribution in [3.8, 4) is 0 Å². The van der Waals surface area contributed by atoms with E-state index in [9.17, 15) is 4.79 Å². The maximum atomic E-state index is 11.9. The average Bonchev–Trinajstić information content (AvgIpc) is 2.69. The minimum atomic E-state index is 0.0568. The zero-order chi connectivity index (χ0) is 19.2. The summed E-state index contributed by atoms with van der Waals surface area (Å²) in [5, 5.41) is 0. The highest BCUT2D eigenvalue weighted by molar-refractivity contribution is 5.69. The lowest BCUT2D eigenvalue weighted by molar-refractivity contribution is -0.150. The predicted octanol–water partition coefficient (Wildman–Crippen LogP) is 7.98. The van der Waals surface area contributed by atoms with E-state index < -0.39 is 0 Å². The molecular weight excluding hydrogens is 332 g/mol. The highest BCUT2D eigenvalue weighted by atomic mass is 16.5. The highest BCUT2D eigenvalue weighted by Crippen LogP contribution is 2.34. The number of hydrogen-bond acceptors (Lipinski definition) is 2. The van der Waals surface area contributed by atoms with Crippen LogP contribution in [0.25, 0.3) is 0 Å². The van der Waals surface area contributed by atoms with Crippen molar-refractivity contribution in [3.05, 3.63) is 0 Å². The third-order valence-electron chi connectivity index (χ3n) is 7.03. The van der Waals surface area contributed by atoms with Gasteiger partial charge in [0, 0.05) is 6.42 Å². The topological polar surface area (TPSA) is 26.3 Å². The number of ether oxygens (including phenoxy) is 1. The average molecular weight is 379 g/mol. The van der Waals surface area contributed by atoms with E-state index >= 15 is 0 Å². The Bertz CT molecular complexity index is 365. The van der Waals surface area contributed by atoms with E-state index in [1.165, 1.54) is 103 Å². The van der Waals surface area contributed by atoms with E-state index in [2.05, 4.69) is 6.92 Å². The molecule has 0 unspecified atom stereocenters. The van der Waals surface area contributed by atoms with Gasteiger partial charge in [0.2, 0.25) is 0 Å². The van der Waals surface area contributed by atoms with Crippen molar-refractivity contribution < 1.29 is 9.53 Å². The number of esters is 1. The molecule has 0 bridgehead atoms. The molecule has 2 saturated carbocycles. The van der Waals surface area contributed by atoms with Crippen molar-refractivity contribution in [1.29, 1.82) is 0 Å². The minimum absolute atomic E-state index is 0.0568. The Balaban J connectivity index is 1.40. The molecule has 0 aromatic heterocycles. The Morgan fingerprint density at radius 3 is 1.85 bits per heavy atom. The van der Waals surface area contributed by atoms with Crippen LogP contribution in [0.4, 0.5) is 0 Å². The molecule has 2 rings (SSSR count). The molecule has 0 aromatic carbocycles. The summed E-state index contributed by atoms with van der Waals surface area (Å²) in [5.74, 6) is 2.05. The highest BCUT2D eigenvalue weighted by Gasteiger charge is 2.21. The maximum absolute atomic E-state index is 11.9. The zero-order valence-corrected chi connectivity index (χ0v) is 18.2. The van der Waals surface area contributed by atoms with Gasteiger partial charge in [0.25, 0.3) is 0 Å². The minimum Gasteiger partial charge on any atom is -0.462 e. The van der Waals surface area contributed by atoms with E-state index in [4.69, 9.17) is 4.74 Å². The fourth-order valence-electron chi connectivity index (χ4n) is 5.15. The first-order chi connectivity index (χ1) is 13.3. The first-order valence-electron chi connectivity index (χ1n) is 12.5. The second-order valence-electron chi connectivity index (χ2n) is 9.44. The van der Waals surface area contributed by atoms with Crippen LogP contribution in [0.5, 0.6) is 0 Å². The normalized spacial score (nSPS) is 24.0. The molecule has 2 aliphatic rings. The van der Waals surface area contributed by atoms with E-state index in [1.54, 1.807) is 0 Å². The lowest BCUT2D eigenvalue weighted by atomic mass is 9.78. The van der Waals surface area contributed by atoms with E-state index in [-0.39, 0.29) is 12.1 Å². The fraction of sp³-hybridized carbons (Fsp3) is 0.960. The van der Waals surface area contributed by atoms with Gasteiger partial charge in [-0.2, -0.15) is 0 Å². The van der Waals surface area contributed by atoms with Crippen LogP contribution < -0.4 is 0 Å². The molecule has 2 aliphatic carbocycles. The van der Waals surface area contributed by atoms with Gasteiger partial charge >= 0.3 is 5.97 Å². The van der Waals surface area contributed by atoms with E-state index in [0.29, 0.717) is 6.42 Å². The molecule has 0 saturated heterocycles. The van der Waals surface area contributed by atoms with Crippen molar-refractivity contribution in [1.82, 2.24) is 0 Å². The van der Waals surface area contributed by atoms with Crippen molar-refractivity contribution in [3.63, 3.8) is 0 Å². The monoisotopic (exact) mass is 378 g/mol. The molecule has 0 aliphatic heterocycles. The molecule has 0 aromatic rings. The molecule has 158 valence electrons. The first kappa shape index (κ1) is 22.8. The van der Waals surface area contributed by atoms with E-state index in [1.807, 2.05) is 0 Å². The molecule has 27 heavy (non-hydrogen) atoms. The molecule has 0 atom stereocenters. The second kappa shape index (κ2) is 14.5. The molecule has 0 amide bonds. The summed E-state index contributed by atoms with van der Waals surface area (Å²) in [7, 11) is 0. The van der Waals surface area contributed by atoms with Crippen molar-refractivity contribution in [2.24, 2.45) is 11.8 Å². The number of hydrogen-bond donors (Lipinski definition) is 0. The van der Waals surface area contributed by atoms with Gasteiger partial charge in [-0.15, -0.1) is 0 Å². The quantitative estimate of drug-likeness (QED) is 0.240. The number of carbonyl (C=O) groups is 1. The van der Waals surface area contributed by atoms with Crippen LogP contribution in [0.15, 0.2) is 0 Å². The third-order valence-corrected chi connectivity index (χ3v) is 7.03. The smallest absolute Gasteiger partial charge is 0.306 e. The van der Waals surface area contributed by atoms with Crippen molar-refractivity contribution in [2.45, 2.75) is 141 Å².